The first-order valence-corrected chi connectivity index (χ1v) is 10.6. The molecule has 160 valence electrons. The van der Waals surface area contributed by atoms with Gasteiger partial charge in [-0.3, -0.25) is 14.8 Å². The number of likely N-dealkylation sites (tertiary alicyclic amines) is 1. The molecule has 0 spiro atoms. The van der Waals surface area contributed by atoms with Gasteiger partial charge in [0.05, 0.1) is 18.1 Å². The van der Waals surface area contributed by atoms with Gasteiger partial charge in [0.1, 0.15) is 5.75 Å². The first-order valence-electron chi connectivity index (χ1n) is 10.6. The van der Waals surface area contributed by atoms with Crippen molar-refractivity contribution in [2.45, 2.75) is 26.2 Å². The Labute approximate surface area is 182 Å². The molecule has 31 heavy (non-hydrogen) atoms. The molecule has 0 unspecified atom stereocenters. The van der Waals surface area contributed by atoms with Crippen molar-refractivity contribution in [3.05, 3.63) is 60.6 Å². The number of carbonyl (C=O) groups excluding carboxylic acids is 1. The predicted molar refractivity (Wildman–Crippen MR) is 120 cm³/mol. The Bertz CT molecular complexity index is 1020. The monoisotopic (exact) mass is 417 g/mol. The summed E-state index contributed by atoms with van der Waals surface area (Å²) in [7, 11) is 1.95. The van der Waals surface area contributed by atoms with E-state index in [2.05, 4.69) is 15.0 Å². The van der Waals surface area contributed by atoms with Crippen LogP contribution >= 0.6 is 0 Å². The third-order valence-electron chi connectivity index (χ3n) is 5.40. The van der Waals surface area contributed by atoms with Crippen molar-refractivity contribution in [2.24, 2.45) is 0 Å². The van der Waals surface area contributed by atoms with Crippen molar-refractivity contribution in [3.63, 3.8) is 0 Å². The van der Waals surface area contributed by atoms with Gasteiger partial charge >= 0.3 is 0 Å². The van der Waals surface area contributed by atoms with Crippen molar-refractivity contribution in [1.82, 2.24) is 19.9 Å². The van der Waals surface area contributed by atoms with E-state index >= 15 is 0 Å². The van der Waals surface area contributed by atoms with E-state index in [1.165, 1.54) is 0 Å². The van der Waals surface area contributed by atoms with E-state index in [4.69, 9.17) is 4.74 Å². The van der Waals surface area contributed by atoms with Crippen LogP contribution in [0.25, 0.3) is 11.3 Å². The number of nitrogens with zero attached hydrogens (tertiary/aromatic N) is 5. The van der Waals surface area contributed by atoms with Crippen LogP contribution in [0.1, 0.15) is 24.8 Å². The van der Waals surface area contributed by atoms with Crippen LogP contribution in [0.4, 0.5) is 5.82 Å². The minimum Gasteiger partial charge on any atom is -0.437 e. The standard InChI is InChI=1S/C24H27N5O2/c1-18-6-11-21(26-15-18)19-7-9-20(10-8-19)31-23-17-25-16-22(27-23)28(2)13-14-29-12-4-3-5-24(29)30/h6-11,15-17H,3-5,12-14H2,1-2H3. The van der Waals surface area contributed by atoms with E-state index in [0.29, 0.717) is 37.0 Å². The quantitative estimate of drug-likeness (QED) is 0.577. The molecule has 0 aliphatic carbocycles. The minimum absolute atomic E-state index is 0.243. The molecule has 2 aromatic heterocycles. The van der Waals surface area contributed by atoms with E-state index in [1.54, 1.807) is 12.4 Å². The van der Waals surface area contributed by atoms with Gasteiger partial charge < -0.3 is 14.5 Å². The number of amides is 1. The molecule has 1 amide bonds. The summed E-state index contributed by atoms with van der Waals surface area (Å²) in [6.07, 6.45) is 7.90. The number of aromatic nitrogens is 3. The Morgan fingerprint density at radius 2 is 1.90 bits per heavy atom. The molecular weight excluding hydrogens is 390 g/mol. The molecule has 4 rings (SSSR count). The van der Waals surface area contributed by atoms with E-state index in [9.17, 15) is 4.79 Å². The number of benzene rings is 1. The largest absolute Gasteiger partial charge is 0.437 e. The molecule has 0 N–H and O–H groups in total. The number of hydrogen-bond acceptors (Lipinski definition) is 6. The first-order chi connectivity index (χ1) is 15.1. The fraction of sp³-hybridized carbons (Fsp3) is 0.333. The lowest BCUT2D eigenvalue weighted by atomic mass is 10.1. The van der Waals surface area contributed by atoms with E-state index < -0.39 is 0 Å². The average Bonchev–Trinajstić information content (AvgIpc) is 2.80. The van der Waals surface area contributed by atoms with Gasteiger partial charge in [0.15, 0.2) is 5.82 Å². The molecule has 1 aliphatic heterocycles. The second kappa shape index (κ2) is 9.55. The highest BCUT2D eigenvalue weighted by Gasteiger charge is 2.18. The zero-order valence-corrected chi connectivity index (χ0v) is 18.0. The summed E-state index contributed by atoms with van der Waals surface area (Å²) < 4.78 is 5.91. The van der Waals surface area contributed by atoms with Crippen LogP contribution in [0.5, 0.6) is 11.6 Å². The van der Waals surface area contributed by atoms with Gasteiger partial charge in [-0.1, -0.05) is 6.07 Å². The van der Waals surface area contributed by atoms with Crippen molar-refractivity contribution >= 4 is 11.7 Å². The van der Waals surface area contributed by atoms with Crippen LogP contribution in [0, 0.1) is 6.92 Å². The Kier molecular flexibility index (Phi) is 6.40. The zero-order chi connectivity index (χ0) is 21.6. The lowest BCUT2D eigenvalue weighted by molar-refractivity contribution is -0.133. The topological polar surface area (TPSA) is 71.5 Å². The second-order valence-electron chi connectivity index (χ2n) is 7.82. The third kappa shape index (κ3) is 5.36. The number of aryl methyl sites for hydroxylation is 1. The van der Waals surface area contributed by atoms with Crippen LogP contribution in [-0.2, 0) is 4.79 Å². The van der Waals surface area contributed by atoms with Gasteiger partial charge in [-0.05, 0) is 55.7 Å². The Morgan fingerprint density at radius 1 is 1.06 bits per heavy atom. The summed E-state index contributed by atoms with van der Waals surface area (Å²) in [6, 6.07) is 11.8. The van der Waals surface area contributed by atoms with Crippen molar-refractivity contribution in [2.75, 3.05) is 31.6 Å². The Hall–Kier alpha value is -3.48. The van der Waals surface area contributed by atoms with Crippen LogP contribution < -0.4 is 9.64 Å². The molecule has 0 bridgehead atoms. The molecule has 3 aromatic rings. The summed E-state index contributed by atoms with van der Waals surface area (Å²) in [4.78, 5) is 29.2. The van der Waals surface area contributed by atoms with Gasteiger partial charge in [-0.2, -0.15) is 4.98 Å². The van der Waals surface area contributed by atoms with Gasteiger partial charge in [0.2, 0.25) is 11.8 Å². The van der Waals surface area contributed by atoms with E-state index in [-0.39, 0.29) is 5.91 Å². The molecule has 1 fully saturated rings. The zero-order valence-electron chi connectivity index (χ0n) is 18.0. The SMILES string of the molecule is Cc1ccc(-c2ccc(Oc3cncc(N(C)CCN4CCCCC4=O)n3)cc2)nc1. The summed E-state index contributed by atoms with van der Waals surface area (Å²) in [6.45, 7) is 4.25. The van der Waals surface area contributed by atoms with Gasteiger partial charge in [-0.15, -0.1) is 0 Å². The van der Waals surface area contributed by atoms with Crippen molar-refractivity contribution in [3.8, 4) is 22.9 Å². The Balaban J connectivity index is 1.37. The number of carbonyl (C=O) groups is 1. The van der Waals surface area contributed by atoms with E-state index in [1.807, 2.05) is 66.4 Å². The molecule has 0 radical (unpaired) electrons. The fourth-order valence-corrected chi connectivity index (χ4v) is 3.51. The normalized spacial score (nSPS) is 13.9. The molecule has 7 heteroatoms. The van der Waals surface area contributed by atoms with Crippen LogP contribution in [0.2, 0.25) is 0 Å². The summed E-state index contributed by atoms with van der Waals surface area (Å²) in [5, 5.41) is 0. The maximum absolute atomic E-state index is 12.0. The molecule has 1 aromatic carbocycles. The van der Waals surface area contributed by atoms with Gasteiger partial charge in [-0.25, -0.2) is 0 Å². The maximum atomic E-state index is 12.0. The molecular formula is C24H27N5O2. The first kappa shape index (κ1) is 20.8. The molecule has 7 nitrogen and oxygen atoms in total. The molecule has 0 atom stereocenters. The average molecular weight is 418 g/mol. The lowest BCUT2D eigenvalue weighted by Crippen LogP contribution is -2.40. The number of piperidine rings is 1. The van der Waals surface area contributed by atoms with Crippen molar-refractivity contribution < 1.29 is 9.53 Å². The number of hydrogen-bond donors (Lipinski definition) is 0. The number of rotatable bonds is 7. The summed E-state index contributed by atoms with van der Waals surface area (Å²) in [5.74, 6) is 2.07. The van der Waals surface area contributed by atoms with Crippen LogP contribution in [0.15, 0.2) is 55.0 Å². The predicted octanol–water partition coefficient (Wildman–Crippen LogP) is 4.09. The Morgan fingerprint density at radius 3 is 2.65 bits per heavy atom. The van der Waals surface area contributed by atoms with Gasteiger partial charge in [0, 0.05) is 44.9 Å². The summed E-state index contributed by atoms with van der Waals surface area (Å²) >= 11 is 0. The maximum Gasteiger partial charge on any atom is 0.239 e. The van der Waals surface area contributed by atoms with Crippen molar-refractivity contribution in [1.29, 1.82) is 0 Å². The third-order valence-corrected chi connectivity index (χ3v) is 5.40. The highest BCUT2D eigenvalue weighted by atomic mass is 16.5. The number of likely N-dealkylation sites (N-methyl/N-ethyl adjacent to an activating group) is 1. The summed E-state index contributed by atoms with van der Waals surface area (Å²) in [5.41, 5.74) is 3.08. The molecule has 3 heterocycles. The van der Waals surface area contributed by atoms with Crippen LogP contribution in [-0.4, -0.2) is 52.4 Å². The fourth-order valence-electron chi connectivity index (χ4n) is 3.51. The smallest absolute Gasteiger partial charge is 0.239 e. The highest BCUT2D eigenvalue weighted by Crippen LogP contribution is 2.25. The lowest BCUT2D eigenvalue weighted by Gasteiger charge is -2.29. The van der Waals surface area contributed by atoms with Gasteiger partial charge in [0.25, 0.3) is 0 Å². The number of ether oxygens (including phenoxy) is 1. The number of pyridine rings is 1. The second-order valence-corrected chi connectivity index (χ2v) is 7.82. The molecule has 1 aliphatic rings. The van der Waals surface area contributed by atoms with E-state index in [0.717, 1.165) is 36.2 Å². The van der Waals surface area contributed by atoms with Crippen LogP contribution in [0.3, 0.4) is 0 Å². The number of anilines is 1. The minimum atomic E-state index is 0.243. The molecule has 1 saturated heterocycles. The highest BCUT2D eigenvalue weighted by molar-refractivity contribution is 5.76. The molecule has 0 saturated carbocycles.